The molecule has 5 heteroatoms. The van der Waals surface area contributed by atoms with Crippen molar-refractivity contribution in [2.24, 2.45) is 0 Å². The summed E-state index contributed by atoms with van der Waals surface area (Å²) in [5.74, 6) is -0.208. The fourth-order valence-corrected chi connectivity index (χ4v) is 2.13. The minimum Gasteiger partial charge on any atom is -0.399 e. The van der Waals surface area contributed by atoms with Crippen LogP contribution in [0.2, 0.25) is 0 Å². The predicted molar refractivity (Wildman–Crippen MR) is 117 cm³/mol. The summed E-state index contributed by atoms with van der Waals surface area (Å²) in [5, 5.41) is 3.68. The van der Waals surface area contributed by atoms with Crippen molar-refractivity contribution in [1.29, 1.82) is 0 Å². The topological polar surface area (TPSA) is 88.0 Å². The number of rotatable bonds is 3. The minimum absolute atomic E-state index is 0.208. The van der Waals surface area contributed by atoms with Gasteiger partial charge in [-0.3, -0.25) is 9.59 Å². The van der Waals surface area contributed by atoms with Crippen molar-refractivity contribution in [2.45, 2.75) is 41.5 Å². The van der Waals surface area contributed by atoms with Gasteiger partial charge in [0.05, 0.1) is 5.69 Å². The molecule has 1 amide bonds. The van der Waals surface area contributed by atoms with E-state index < -0.39 is 0 Å². The Morgan fingerprint density at radius 1 is 0.926 bits per heavy atom. The molecule has 0 atom stereocenters. The molecule has 0 saturated carbocycles. The van der Waals surface area contributed by atoms with Crippen LogP contribution in [-0.2, 0) is 0 Å². The molecule has 3 rings (SSSR count). The van der Waals surface area contributed by atoms with E-state index in [0.717, 1.165) is 17.2 Å². The van der Waals surface area contributed by atoms with Crippen LogP contribution in [0.25, 0.3) is 10.9 Å². The second-order valence-electron chi connectivity index (χ2n) is 4.72. The molecule has 3 aromatic rings. The van der Waals surface area contributed by atoms with Gasteiger partial charge in [0, 0.05) is 27.8 Å². The number of benzene rings is 2. The van der Waals surface area contributed by atoms with Crippen LogP contribution in [0.15, 0.2) is 48.5 Å². The maximum absolute atomic E-state index is 12.1. The Hall–Kier alpha value is -3.08. The number of amides is 1. The fourth-order valence-electron chi connectivity index (χ4n) is 2.13. The number of fused-ring (bicyclic) bond motifs is 1. The summed E-state index contributed by atoms with van der Waals surface area (Å²) >= 11 is 0. The maximum Gasteiger partial charge on any atom is 0.255 e. The van der Waals surface area contributed by atoms with Crippen molar-refractivity contribution in [1.82, 2.24) is 4.98 Å². The normalized spacial score (nSPS) is 8.81. The lowest BCUT2D eigenvalue weighted by Gasteiger charge is -2.05. The highest BCUT2D eigenvalue weighted by atomic mass is 16.1. The lowest BCUT2D eigenvalue weighted by atomic mass is 10.2. The Balaban J connectivity index is 0.00000103. The standard InChI is InChI=1S/C16H13N3O2.3C2H6/c17-12-3-1-10(2-4-12)16(21)19-13-5-6-15-11(7-13)8-14(9-20)18-15;3*1-2/h1-9,18H,17H2,(H,19,21);3*1-2H3. The molecule has 0 spiro atoms. The first-order valence-corrected chi connectivity index (χ1v) is 9.40. The molecule has 0 radical (unpaired) electrons. The van der Waals surface area contributed by atoms with E-state index in [1.165, 1.54) is 0 Å². The molecule has 0 unspecified atom stereocenters. The van der Waals surface area contributed by atoms with Crippen LogP contribution in [0.4, 0.5) is 11.4 Å². The first-order valence-electron chi connectivity index (χ1n) is 9.40. The van der Waals surface area contributed by atoms with E-state index in [9.17, 15) is 9.59 Å². The van der Waals surface area contributed by atoms with Crippen molar-refractivity contribution < 1.29 is 9.59 Å². The average molecular weight is 370 g/mol. The van der Waals surface area contributed by atoms with Crippen LogP contribution in [0, 0.1) is 0 Å². The van der Waals surface area contributed by atoms with Crippen LogP contribution in [0.1, 0.15) is 62.4 Å². The minimum atomic E-state index is -0.208. The van der Waals surface area contributed by atoms with E-state index >= 15 is 0 Å². The van der Waals surface area contributed by atoms with Crippen LogP contribution in [-0.4, -0.2) is 17.2 Å². The van der Waals surface area contributed by atoms with Crippen molar-refractivity contribution in [2.75, 3.05) is 11.1 Å². The third-order valence-electron chi connectivity index (χ3n) is 3.20. The zero-order valence-electron chi connectivity index (χ0n) is 17.1. The van der Waals surface area contributed by atoms with Crippen molar-refractivity contribution in [3.63, 3.8) is 0 Å². The van der Waals surface area contributed by atoms with E-state index in [0.29, 0.717) is 22.6 Å². The molecule has 1 heterocycles. The van der Waals surface area contributed by atoms with Gasteiger partial charge in [0.25, 0.3) is 5.91 Å². The van der Waals surface area contributed by atoms with Gasteiger partial charge in [-0.2, -0.15) is 0 Å². The smallest absolute Gasteiger partial charge is 0.255 e. The quantitative estimate of drug-likeness (QED) is 0.397. The summed E-state index contributed by atoms with van der Waals surface area (Å²) in [6.07, 6.45) is 0.757. The molecule has 0 aliphatic rings. The Morgan fingerprint density at radius 3 is 2.07 bits per heavy atom. The van der Waals surface area contributed by atoms with E-state index in [1.807, 2.05) is 53.7 Å². The summed E-state index contributed by atoms with van der Waals surface area (Å²) in [6, 6.07) is 13.9. The molecule has 0 bridgehead atoms. The number of anilines is 2. The van der Waals surface area contributed by atoms with Gasteiger partial charge in [-0.15, -0.1) is 0 Å². The zero-order chi connectivity index (χ0) is 20.8. The number of carbonyl (C=O) groups is 2. The highest BCUT2D eigenvalue weighted by molar-refractivity contribution is 6.05. The second-order valence-corrected chi connectivity index (χ2v) is 4.72. The van der Waals surface area contributed by atoms with E-state index in [2.05, 4.69) is 10.3 Å². The maximum atomic E-state index is 12.1. The number of nitrogens with one attached hydrogen (secondary N) is 2. The van der Waals surface area contributed by atoms with Crippen LogP contribution in [0.3, 0.4) is 0 Å². The number of aromatic amines is 1. The van der Waals surface area contributed by atoms with Crippen LogP contribution in [0.5, 0.6) is 0 Å². The summed E-state index contributed by atoms with van der Waals surface area (Å²) in [6.45, 7) is 12.0. The molecule has 0 aliphatic carbocycles. The highest BCUT2D eigenvalue weighted by Gasteiger charge is 2.07. The average Bonchev–Trinajstić information content (AvgIpc) is 3.15. The van der Waals surface area contributed by atoms with Gasteiger partial charge in [0.2, 0.25) is 0 Å². The number of hydrogen-bond acceptors (Lipinski definition) is 3. The molecule has 1 aromatic heterocycles. The number of nitrogen functional groups attached to an aromatic ring is 1. The van der Waals surface area contributed by atoms with Gasteiger partial charge in [0.1, 0.15) is 0 Å². The zero-order valence-corrected chi connectivity index (χ0v) is 17.1. The van der Waals surface area contributed by atoms with E-state index in [4.69, 9.17) is 5.73 Å². The predicted octanol–water partition coefficient (Wildman–Crippen LogP) is 5.89. The Kier molecular flexibility index (Phi) is 11.7. The van der Waals surface area contributed by atoms with Gasteiger partial charge in [-0.1, -0.05) is 41.5 Å². The molecule has 0 fully saturated rings. The number of carbonyl (C=O) groups excluding carboxylic acids is 2. The summed E-state index contributed by atoms with van der Waals surface area (Å²) in [5.41, 5.74) is 8.76. The third-order valence-corrected chi connectivity index (χ3v) is 3.20. The SMILES string of the molecule is CC.CC.CC.Nc1ccc(C(=O)Nc2ccc3[nH]c(C=O)cc3c2)cc1. The van der Waals surface area contributed by atoms with Crippen molar-refractivity contribution in [3.05, 3.63) is 59.8 Å². The number of aldehydes is 1. The number of hydrogen-bond donors (Lipinski definition) is 3. The fraction of sp³-hybridized carbons (Fsp3) is 0.273. The molecule has 0 saturated heterocycles. The largest absolute Gasteiger partial charge is 0.399 e. The van der Waals surface area contributed by atoms with E-state index in [-0.39, 0.29) is 5.91 Å². The second kappa shape index (κ2) is 13.2. The number of aromatic nitrogens is 1. The Morgan fingerprint density at radius 2 is 1.52 bits per heavy atom. The van der Waals surface area contributed by atoms with E-state index in [1.54, 1.807) is 36.4 Å². The monoisotopic (exact) mass is 369 g/mol. The van der Waals surface area contributed by atoms with Crippen molar-refractivity contribution >= 4 is 34.5 Å². The Bertz CT molecular complexity index is 821. The van der Waals surface area contributed by atoms with Gasteiger partial charge < -0.3 is 16.0 Å². The van der Waals surface area contributed by atoms with Gasteiger partial charge in [-0.25, -0.2) is 0 Å². The third kappa shape index (κ3) is 6.98. The number of H-pyrrole nitrogens is 1. The molecule has 27 heavy (non-hydrogen) atoms. The molecular formula is C22H31N3O2. The summed E-state index contributed by atoms with van der Waals surface area (Å²) in [4.78, 5) is 25.8. The molecular weight excluding hydrogens is 338 g/mol. The first-order chi connectivity index (χ1) is 13.2. The first kappa shape index (κ1) is 23.9. The molecule has 5 nitrogen and oxygen atoms in total. The highest BCUT2D eigenvalue weighted by Crippen LogP contribution is 2.20. The van der Waals surface area contributed by atoms with Crippen LogP contribution >= 0.6 is 0 Å². The lowest BCUT2D eigenvalue weighted by molar-refractivity contribution is 0.102. The summed E-state index contributed by atoms with van der Waals surface area (Å²) in [7, 11) is 0. The molecule has 146 valence electrons. The van der Waals surface area contributed by atoms with Crippen molar-refractivity contribution in [3.8, 4) is 0 Å². The van der Waals surface area contributed by atoms with Crippen LogP contribution < -0.4 is 11.1 Å². The number of nitrogens with two attached hydrogens (primary N) is 1. The van der Waals surface area contributed by atoms with Gasteiger partial charge in [-0.05, 0) is 48.5 Å². The van der Waals surface area contributed by atoms with Gasteiger partial charge in [0.15, 0.2) is 6.29 Å². The molecule has 4 N–H and O–H groups in total. The molecule has 2 aromatic carbocycles. The van der Waals surface area contributed by atoms with Gasteiger partial charge >= 0.3 is 0 Å². The lowest BCUT2D eigenvalue weighted by Crippen LogP contribution is -2.11. The Labute approximate surface area is 162 Å². The molecule has 0 aliphatic heterocycles. The summed E-state index contributed by atoms with van der Waals surface area (Å²) < 4.78 is 0.